The predicted octanol–water partition coefficient (Wildman–Crippen LogP) is 3.62. The van der Waals surface area contributed by atoms with Crippen molar-refractivity contribution in [1.82, 2.24) is 0 Å². The number of rotatable bonds is 7. The van der Waals surface area contributed by atoms with E-state index in [0.717, 1.165) is 6.08 Å². The predicted molar refractivity (Wildman–Crippen MR) is 68.7 cm³/mol. The largest absolute Gasteiger partial charge is 0.487 e. The van der Waals surface area contributed by atoms with E-state index in [1.54, 1.807) is 6.08 Å². The smallest absolute Gasteiger partial charge is 0.340 e. The molecule has 1 rings (SSSR count). The second-order valence-corrected chi connectivity index (χ2v) is 3.98. The number of carboxylic acids is 1. The molecule has 0 saturated heterocycles. The zero-order chi connectivity index (χ0) is 15.9. The molecule has 1 N–H and O–H groups in total. The summed E-state index contributed by atoms with van der Waals surface area (Å²) in [5, 5.41) is 8.36. The normalized spacial score (nSPS) is 12.4. The number of benzene rings is 1. The molecule has 0 amide bonds. The minimum absolute atomic E-state index is 0.0357. The minimum Gasteiger partial charge on any atom is -0.487 e. The molecule has 0 spiro atoms. The Morgan fingerprint density at radius 2 is 1.86 bits per heavy atom. The van der Waals surface area contributed by atoms with E-state index in [-0.39, 0.29) is 5.75 Å². The summed E-state index contributed by atoms with van der Waals surface area (Å²) in [6.07, 6.45) is 1.54. The lowest BCUT2D eigenvalue weighted by atomic mass is 10.2. The molecule has 0 aliphatic carbocycles. The highest BCUT2D eigenvalue weighted by Gasteiger charge is 2.41. The summed E-state index contributed by atoms with van der Waals surface area (Å²) in [5.41, 5.74) is 0.665. The Bertz CT molecular complexity index is 522. The lowest BCUT2D eigenvalue weighted by Crippen LogP contribution is -2.33. The van der Waals surface area contributed by atoms with E-state index in [0.29, 0.717) is 5.56 Å². The van der Waals surface area contributed by atoms with Crippen molar-refractivity contribution in [3.63, 3.8) is 0 Å². The molecular weight excluding hydrogens is 292 g/mol. The van der Waals surface area contributed by atoms with Crippen LogP contribution in [0.2, 0.25) is 0 Å². The van der Waals surface area contributed by atoms with Crippen molar-refractivity contribution in [3.05, 3.63) is 48.1 Å². The van der Waals surface area contributed by atoms with Crippen LogP contribution in [0.25, 0.3) is 6.08 Å². The molecule has 0 radical (unpaired) electrons. The number of hydrogen-bond acceptors (Lipinski definition) is 2. The van der Waals surface area contributed by atoms with Crippen molar-refractivity contribution in [2.24, 2.45) is 0 Å². The maximum absolute atomic E-state index is 12.6. The summed E-state index contributed by atoms with van der Waals surface area (Å²) >= 11 is 0. The number of carbonyl (C=O) groups is 1. The molecule has 0 atom stereocenters. The second-order valence-electron chi connectivity index (χ2n) is 3.98. The molecule has 0 bridgehead atoms. The first-order chi connectivity index (χ1) is 9.81. The number of aliphatic carboxylic acids is 1. The number of allylic oxidation sites excluding steroid dienone is 2. The van der Waals surface area contributed by atoms with Crippen molar-refractivity contribution < 1.29 is 32.2 Å². The van der Waals surface area contributed by atoms with Gasteiger partial charge in [-0.25, -0.2) is 13.6 Å². The van der Waals surface area contributed by atoms with Crippen LogP contribution in [-0.2, 0) is 4.79 Å². The van der Waals surface area contributed by atoms with Gasteiger partial charge in [-0.3, -0.25) is 0 Å². The third-order valence-electron chi connectivity index (χ3n) is 2.27. The molecule has 1 aromatic carbocycles. The van der Waals surface area contributed by atoms with Gasteiger partial charge in [0.15, 0.2) is 6.61 Å². The highest BCUT2D eigenvalue weighted by Crippen LogP contribution is 2.24. The van der Waals surface area contributed by atoms with E-state index in [4.69, 9.17) is 5.11 Å². The molecular formula is C14H12F4O3. The van der Waals surface area contributed by atoms with E-state index in [1.807, 2.05) is 0 Å². The number of carboxylic acid groups (broad SMARTS) is 1. The van der Waals surface area contributed by atoms with Crippen LogP contribution in [0.4, 0.5) is 17.6 Å². The molecule has 114 valence electrons. The van der Waals surface area contributed by atoms with Crippen LogP contribution < -0.4 is 4.74 Å². The fraction of sp³-hybridized carbons (Fsp3) is 0.214. The first-order valence-corrected chi connectivity index (χ1v) is 5.78. The second kappa shape index (κ2) is 7.47. The average molecular weight is 304 g/mol. The maximum atomic E-state index is 12.6. The van der Waals surface area contributed by atoms with Gasteiger partial charge in [-0.05, 0) is 17.7 Å². The number of hydrogen-bond donors (Lipinski definition) is 1. The maximum Gasteiger partial charge on any atom is 0.340 e. The standard InChI is InChI=1S/C14H12F4O3/c15-13(16)14(17,18)9-21-11-7-5-10(6-8-11)3-1-2-4-12(19)20/h1-8,13H,9H2,(H,19,20)/b3-1+,4-2+. The molecule has 7 heteroatoms. The monoisotopic (exact) mass is 304 g/mol. The Hall–Kier alpha value is -2.31. The fourth-order valence-electron chi connectivity index (χ4n) is 1.22. The lowest BCUT2D eigenvalue weighted by Gasteiger charge is -2.15. The quantitative estimate of drug-likeness (QED) is 0.475. The van der Waals surface area contributed by atoms with Crippen LogP contribution in [-0.4, -0.2) is 30.0 Å². The van der Waals surface area contributed by atoms with Crippen LogP contribution >= 0.6 is 0 Å². The molecule has 0 heterocycles. The van der Waals surface area contributed by atoms with Gasteiger partial charge >= 0.3 is 18.3 Å². The molecule has 21 heavy (non-hydrogen) atoms. The van der Waals surface area contributed by atoms with Crippen LogP contribution in [0.3, 0.4) is 0 Å². The number of alkyl halides is 4. The van der Waals surface area contributed by atoms with Gasteiger partial charge in [-0.2, -0.15) is 8.78 Å². The van der Waals surface area contributed by atoms with E-state index in [2.05, 4.69) is 4.74 Å². The SMILES string of the molecule is O=C(O)/C=C/C=C/c1ccc(OCC(F)(F)C(F)F)cc1. The zero-order valence-electron chi connectivity index (χ0n) is 10.7. The van der Waals surface area contributed by atoms with Gasteiger partial charge < -0.3 is 9.84 Å². The van der Waals surface area contributed by atoms with Crippen molar-refractivity contribution in [1.29, 1.82) is 0 Å². The van der Waals surface area contributed by atoms with Crippen molar-refractivity contribution >= 4 is 12.0 Å². The Balaban J connectivity index is 2.56. The topological polar surface area (TPSA) is 46.5 Å². The molecule has 0 unspecified atom stereocenters. The van der Waals surface area contributed by atoms with Crippen LogP contribution in [0.1, 0.15) is 5.56 Å². The van der Waals surface area contributed by atoms with Gasteiger partial charge in [0.05, 0.1) is 0 Å². The molecule has 1 aromatic rings. The van der Waals surface area contributed by atoms with Gasteiger partial charge in [0, 0.05) is 6.08 Å². The van der Waals surface area contributed by atoms with Gasteiger partial charge in [-0.1, -0.05) is 30.4 Å². The van der Waals surface area contributed by atoms with Gasteiger partial charge in [0.1, 0.15) is 5.75 Å². The Morgan fingerprint density at radius 3 is 2.38 bits per heavy atom. The lowest BCUT2D eigenvalue weighted by molar-refractivity contribution is -0.148. The minimum atomic E-state index is -4.19. The summed E-state index contributed by atoms with van der Waals surface area (Å²) < 4.78 is 53.7. The fourth-order valence-corrected chi connectivity index (χ4v) is 1.22. The Morgan fingerprint density at radius 1 is 1.24 bits per heavy atom. The molecule has 0 saturated carbocycles. The Labute approximate surface area is 118 Å². The van der Waals surface area contributed by atoms with E-state index < -0.39 is 24.9 Å². The third kappa shape index (κ3) is 6.11. The molecule has 0 aliphatic heterocycles. The average Bonchev–Trinajstić information content (AvgIpc) is 2.42. The van der Waals surface area contributed by atoms with Crippen molar-refractivity contribution in [3.8, 4) is 5.75 Å². The van der Waals surface area contributed by atoms with Crippen molar-refractivity contribution in [2.75, 3.05) is 6.61 Å². The van der Waals surface area contributed by atoms with Crippen LogP contribution in [0.5, 0.6) is 5.75 Å². The Kier molecular flexibility index (Phi) is 5.95. The van der Waals surface area contributed by atoms with Crippen LogP contribution in [0.15, 0.2) is 42.5 Å². The first-order valence-electron chi connectivity index (χ1n) is 5.78. The van der Waals surface area contributed by atoms with E-state index in [1.165, 1.54) is 36.4 Å². The summed E-state index contributed by atoms with van der Waals surface area (Å²) in [4.78, 5) is 10.2. The molecule has 0 fully saturated rings. The van der Waals surface area contributed by atoms with Gasteiger partial charge in [0.2, 0.25) is 0 Å². The third-order valence-corrected chi connectivity index (χ3v) is 2.27. The summed E-state index contributed by atoms with van der Waals surface area (Å²) in [6, 6.07) is 5.73. The first kappa shape index (κ1) is 16.7. The highest BCUT2D eigenvalue weighted by molar-refractivity contribution is 5.80. The van der Waals surface area contributed by atoms with Gasteiger partial charge in [0.25, 0.3) is 0 Å². The van der Waals surface area contributed by atoms with E-state index >= 15 is 0 Å². The summed E-state index contributed by atoms with van der Waals surface area (Å²) in [7, 11) is 0. The molecule has 3 nitrogen and oxygen atoms in total. The summed E-state index contributed by atoms with van der Waals surface area (Å²) in [6.45, 7) is -1.40. The molecule has 0 aliphatic rings. The summed E-state index contributed by atoms with van der Waals surface area (Å²) in [5.74, 6) is -5.24. The van der Waals surface area contributed by atoms with Crippen molar-refractivity contribution in [2.45, 2.75) is 12.3 Å². The van der Waals surface area contributed by atoms with Gasteiger partial charge in [-0.15, -0.1) is 0 Å². The highest BCUT2D eigenvalue weighted by atomic mass is 19.3. The van der Waals surface area contributed by atoms with E-state index in [9.17, 15) is 22.4 Å². The van der Waals surface area contributed by atoms with Crippen LogP contribution in [0, 0.1) is 0 Å². The number of halogens is 4. The number of ether oxygens (including phenoxy) is 1. The molecule has 0 aromatic heterocycles. The zero-order valence-corrected chi connectivity index (χ0v) is 10.7.